The molecule has 0 radical (unpaired) electrons. The normalized spacial score (nSPS) is 15.0. The fourth-order valence-electron chi connectivity index (χ4n) is 3.05. The van der Waals surface area contributed by atoms with E-state index in [1.54, 1.807) is 0 Å². The lowest BCUT2D eigenvalue weighted by molar-refractivity contribution is -0.132. The summed E-state index contributed by atoms with van der Waals surface area (Å²) in [4.78, 5) is 14.2. The Morgan fingerprint density at radius 1 is 1.25 bits per heavy atom. The molecule has 0 aliphatic carbocycles. The van der Waals surface area contributed by atoms with Gasteiger partial charge in [-0.2, -0.15) is 0 Å². The summed E-state index contributed by atoms with van der Waals surface area (Å²) < 4.78 is 5.75. The molecule has 24 heavy (non-hydrogen) atoms. The second kappa shape index (κ2) is 10.6. The lowest BCUT2D eigenvalue weighted by Gasteiger charge is -2.32. The number of carbonyl (C=O) groups excluding carboxylic acids is 1. The minimum Gasteiger partial charge on any atom is -0.494 e. The number of amides is 1. The summed E-state index contributed by atoms with van der Waals surface area (Å²) in [5.41, 5.74) is 2.51. The molecule has 1 aliphatic rings. The number of nitrogens with zero attached hydrogens (tertiary/aromatic N) is 1. The first kappa shape index (κ1) is 20.8. The van der Waals surface area contributed by atoms with Crippen LogP contribution in [-0.4, -0.2) is 44.1 Å². The second-order valence-electron chi connectivity index (χ2n) is 6.58. The SMILES string of the molecule is CNCC1CCN(C(=O)CCCOc2ccc(C)c(C)c2)CC1.Cl. The highest BCUT2D eigenvalue weighted by Gasteiger charge is 2.21. The summed E-state index contributed by atoms with van der Waals surface area (Å²) in [5, 5.41) is 3.23. The van der Waals surface area contributed by atoms with Crippen molar-refractivity contribution in [2.24, 2.45) is 5.92 Å². The number of nitrogens with one attached hydrogen (secondary N) is 1. The molecule has 0 atom stereocenters. The van der Waals surface area contributed by atoms with Gasteiger partial charge in [0.2, 0.25) is 5.91 Å². The summed E-state index contributed by atoms with van der Waals surface area (Å²) in [6, 6.07) is 6.13. The van der Waals surface area contributed by atoms with Crippen LogP contribution in [0.5, 0.6) is 5.75 Å². The van der Waals surface area contributed by atoms with Crippen molar-refractivity contribution in [3.63, 3.8) is 0 Å². The molecular formula is C19H31ClN2O2. The maximum absolute atomic E-state index is 12.2. The van der Waals surface area contributed by atoms with Gasteiger partial charge in [-0.25, -0.2) is 0 Å². The second-order valence-corrected chi connectivity index (χ2v) is 6.58. The smallest absolute Gasteiger partial charge is 0.222 e. The third kappa shape index (κ3) is 6.33. The Hall–Kier alpha value is -1.26. The van der Waals surface area contributed by atoms with Crippen LogP contribution < -0.4 is 10.1 Å². The van der Waals surface area contributed by atoms with Gasteiger partial charge in [0.25, 0.3) is 0 Å². The molecule has 1 aromatic carbocycles. The van der Waals surface area contributed by atoms with E-state index in [0.29, 0.717) is 13.0 Å². The fourth-order valence-corrected chi connectivity index (χ4v) is 3.05. The minimum atomic E-state index is 0. The molecule has 136 valence electrons. The highest BCUT2D eigenvalue weighted by Crippen LogP contribution is 2.18. The van der Waals surface area contributed by atoms with E-state index in [1.165, 1.54) is 11.1 Å². The van der Waals surface area contributed by atoms with Crippen molar-refractivity contribution in [2.45, 2.75) is 39.5 Å². The molecule has 1 saturated heterocycles. The van der Waals surface area contributed by atoms with E-state index >= 15 is 0 Å². The van der Waals surface area contributed by atoms with Crippen LogP contribution in [-0.2, 0) is 4.79 Å². The number of halogens is 1. The first-order valence-corrected chi connectivity index (χ1v) is 8.72. The van der Waals surface area contributed by atoms with E-state index in [-0.39, 0.29) is 18.3 Å². The van der Waals surface area contributed by atoms with Crippen LogP contribution >= 0.6 is 12.4 Å². The highest BCUT2D eigenvalue weighted by molar-refractivity contribution is 5.85. The Kier molecular flexibility index (Phi) is 9.16. The van der Waals surface area contributed by atoms with Crippen LogP contribution in [0.1, 0.15) is 36.8 Å². The van der Waals surface area contributed by atoms with Gasteiger partial charge in [0.05, 0.1) is 6.61 Å². The van der Waals surface area contributed by atoms with E-state index in [1.807, 2.05) is 18.0 Å². The molecule has 0 saturated carbocycles. The van der Waals surface area contributed by atoms with E-state index in [2.05, 4.69) is 31.3 Å². The van der Waals surface area contributed by atoms with E-state index in [0.717, 1.165) is 50.6 Å². The van der Waals surface area contributed by atoms with Gasteiger partial charge in [0, 0.05) is 19.5 Å². The molecule has 0 spiro atoms. The van der Waals surface area contributed by atoms with Crippen LogP contribution in [0.2, 0.25) is 0 Å². The molecule has 4 nitrogen and oxygen atoms in total. The zero-order valence-corrected chi connectivity index (χ0v) is 16.0. The third-order valence-electron chi connectivity index (χ3n) is 4.74. The van der Waals surface area contributed by atoms with Crippen molar-refractivity contribution in [3.8, 4) is 5.75 Å². The average Bonchev–Trinajstić information content (AvgIpc) is 2.55. The number of piperidine rings is 1. The number of hydrogen-bond acceptors (Lipinski definition) is 3. The number of aryl methyl sites for hydroxylation is 2. The molecule has 1 aromatic rings. The zero-order valence-electron chi connectivity index (χ0n) is 15.1. The van der Waals surface area contributed by atoms with E-state index < -0.39 is 0 Å². The van der Waals surface area contributed by atoms with E-state index in [9.17, 15) is 4.79 Å². The first-order valence-electron chi connectivity index (χ1n) is 8.72. The predicted octanol–water partition coefficient (Wildman–Crippen LogP) is 3.34. The van der Waals surface area contributed by atoms with E-state index in [4.69, 9.17) is 4.74 Å². The lowest BCUT2D eigenvalue weighted by Crippen LogP contribution is -2.40. The van der Waals surface area contributed by atoms with Gasteiger partial charge in [-0.05, 0) is 75.9 Å². The first-order chi connectivity index (χ1) is 11.1. The van der Waals surface area contributed by atoms with Crippen LogP contribution in [0.4, 0.5) is 0 Å². The Morgan fingerprint density at radius 2 is 1.96 bits per heavy atom. The molecule has 5 heteroatoms. The molecule has 1 heterocycles. The highest BCUT2D eigenvalue weighted by atomic mass is 35.5. The summed E-state index contributed by atoms with van der Waals surface area (Å²) in [6.07, 6.45) is 3.60. The Morgan fingerprint density at radius 3 is 2.58 bits per heavy atom. The molecular weight excluding hydrogens is 324 g/mol. The van der Waals surface area contributed by atoms with Crippen molar-refractivity contribution in [3.05, 3.63) is 29.3 Å². The number of benzene rings is 1. The molecule has 0 unspecified atom stereocenters. The summed E-state index contributed by atoms with van der Waals surface area (Å²) in [5.74, 6) is 1.89. The maximum Gasteiger partial charge on any atom is 0.222 e. The van der Waals surface area contributed by atoms with Crippen molar-refractivity contribution < 1.29 is 9.53 Å². The Bertz CT molecular complexity index is 514. The molecule has 1 N–H and O–H groups in total. The summed E-state index contributed by atoms with van der Waals surface area (Å²) >= 11 is 0. The van der Waals surface area contributed by atoms with Gasteiger partial charge in [0.1, 0.15) is 5.75 Å². The summed E-state index contributed by atoms with van der Waals surface area (Å²) in [6.45, 7) is 7.66. The molecule has 1 fully saturated rings. The number of carbonyl (C=O) groups is 1. The minimum absolute atomic E-state index is 0. The number of rotatable bonds is 7. The zero-order chi connectivity index (χ0) is 16.7. The van der Waals surface area contributed by atoms with Crippen molar-refractivity contribution >= 4 is 18.3 Å². The van der Waals surface area contributed by atoms with Crippen LogP contribution in [0.15, 0.2) is 18.2 Å². The van der Waals surface area contributed by atoms with Crippen LogP contribution in [0.3, 0.4) is 0 Å². The number of likely N-dealkylation sites (tertiary alicyclic amines) is 1. The third-order valence-corrected chi connectivity index (χ3v) is 4.74. The van der Waals surface area contributed by atoms with Crippen LogP contribution in [0, 0.1) is 19.8 Å². The van der Waals surface area contributed by atoms with Gasteiger partial charge in [0.15, 0.2) is 0 Å². The number of hydrogen-bond donors (Lipinski definition) is 1. The maximum atomic E-state index is 12.2. The molecule has 1 aliphatic heterocycles. The van der Waals surface area contributed by atoms with Crippen LogP contribution in [0.25, 0.3) is 0 Å². The topological polar surface area (TPSA) is 41.6 Å². The molecule has 1 amide bonds. The largest absolute Gasteiger partial charge is 0.494 e. The molecule has 0 aromatic heterocycles. The van der Waals surface area contributed by atoms with Crippen molar-refractivity contribution in [2.75, 3.05) is 33.3 Å². The van der Waals surface area contributed by atoms with Gasteiger partial charge in [-0.3, -0.25) is 4.79 Å². The van der Waals surface area contributed by atoms with Crippen molar-refractivity contribution in [1.82, 2.24) is 10.2 Å². The molecule has 2 rings (SSSR count). The molecule has 0 bridgehead atoms. The van der Waals surface area contributed by atoms with Gasteiger partial charge in [-0.1, -0.05) is 6.07 Å². The van der Waals surface area contributed by atoms with Gasteiger partial charge >= 0.3 is 0 Å². The fraction of sp³-hybridized carbons (Fsp3) is 0.632. The number of ether oxygens (including phenoxy) is 1. The van der Waals surface area contributed by atoms with Gasteiger partial charge < -0.3 is 15.0 Å². The Labute approximate surface area is 152 Å². The quantitative estimate of drug-likeness (QED) is 0.763. The average molecular weight is 355 g/mol. The monoisotopic (exact) mass is 354 g/mol. The van der Waals surface area contributed by atoms with Crippen molar-refractivity contribution in [1.29, 1.82) is 0 Å². The standard InChI is InChI=1S/C19H30N2O2.ClH/c1-15-6-7-18(13-16(15)2)23-12-4-5-19(22)21-10-8-17(9-11-21)14-20-3;/h6-7,13,17,20H,4-5,8-12,14H2,1-3H3;1H. The van der Waals surface area contributed by atoms with Gasteiger partial charge in [-0.15, -0.1) is 12.4 Å². The Balaban J connectivity index is 0.00000288. The summed E-state index contributed by atoms with van der Waals surface area (Å²) in [7, 11) is 1.99. The lowest BCUT2D eigenvalue weighted by atomic mass is 9.96. The predicted molar refractivity (Wildman–Crippen MR) is 101 cm³/mol.